The van der Waals surface area contributed by atoms with Gasteiger partial charge >= 0.3 is 0 Å². The minimum atomic E-state index is -0.261. The number of benzene rings is 3. The van der Waals surface area contributed by atoms with Crippen LogP contribution in [-0.4, -0.2) is 21.3 Å². The summed E-state index contributed by atoms with van der Waals surface area (Å²) in [6.07, 6.45) is 3.55. The number of anilines is 1. The van der Waals surface area contributed by atoms with E-state index < -0.39 is 0 Å². The van der Waals surface area contributed by atoms with Crippen molar-refractivity contribution in [2.24, 2.45) is 0 Å². The average molecular weight is 592 g/mol. The minimum absolute atomic E-state index is 0.143. The number of rotatable bonds is 5. The van der Waals surface area contributed by atoms with E-state index in [9.17, 15) is 0 Å². The summed E-state index contributed by atoms with van der Waals surface area (Å²) in [7, 11) is 0. The molecule has 2 atom stereocenters. The van der Waals surface area contributed by atoms with Gasteiger partial charge in [-0.3, -0.25) is 0 Å². The third kappa shape index (κ3) is 3.91. The van der Waals surface area contributed by atoms with Crippen LogP contribution in [0.5, 0.6) is 5.75 Å². The fourth-order valence-corrected chi connectivity index (χ4v) is 5.57. The first-order valence-corrected chi connectivity index (χ1v) is 13.4. The highest BCUT2D eigenvalue weighted by Crippen LogP contribution is 2.52. The Morgan fingerprint density at radius 3 is 2.29 bits per heavy atom. The molecule has 1 aromatic heterocycles. The van der Waals surface area contributed by atoms with E-state index in [4.69, 9.17) is 14.8 Å². The number of hydrogen-bond donors (Lipinski definition) is 0. The standard InChI is InChI=1S/C28H24Br2N4O/c1-2-3-16-33-26-22-6-4-5-7-23(22)35-27(19-10-14-21(30)15-11-19)24(26)25(34-28(33)31-17-32-34)18-8-12-20(29)13-9-18/h4-15,17,25,27H,2-3,16H2,1H3/t25-,27?/m0/s1. The molecule has 5 nitrogen and oxygen atoms in total. The van der Waals surface area contributed by atoms with Gasteiger partial charge in [-0.2, -0.15) is 10.1 Å². The van der Waals surface area contributed by atoms with E-state index in [0.717, 1.165) is 56.7 Å². The van der Waals surface area contributed by atoms with Crippen LogP contribution < -0.4 is 9.64 Å². The molecule has 3 aromatic carbocycles. The third-order valence-electron chi connectivity index (χ3n) is 6.64. The maximum atomic E-state index is 6.78. The smallest absolute Gasteiger partial charge is 0.229 e. The molecular weight excluding hydrogens is 568 g/mol. The van der Waals surface area contributed by atoms with Crippen LogP contribution in [0.2, 0.25) is 0 Å². The van der Waals surface area contributed by atoms with E-state index in [2.05, 4.69) is 115 Å². The van der Waals surface area contributed by atoms with Gasteiger partial charge in [-0.15, -0.1) is 0 Å². The van der Waals surface area contributed by atoms with Gasteiger partial charge in [0.1, 0.15) is 24.2 Å². The highest BCUT2D eigenvalue weighted by molar-refractivity contribution is 9.10. The van der Waals surface area contributed by atoms with Crippen molar-refractivity contribution >= 4 is 43.5 Å². The zero-order valence-corrected chi connectivity index (χ0v) is 22.4. The van der Waals surface area contributed by atoms with E-state index in [-0.39, 0.29) is 12.1 Å². The molecule has 0 saturated carbocycles. The van der Waals surface area contributed by atoms with Gasteiger partial charge in [0.15, 0.2) is 0 Å². The van der Waals surface area contributed by atoms with E-state index in [1.165, 1.54) is 11.3 Å². The molecule has 6 rings (SSSR count). The van der Waals surface area contributed by atoms with Gasteiger partial charge in [0, 0.05) is 26.6 Å². The van der Waals surface area contributed by atoms with Crippen LogP contribution >= 0.6 is 31.9 Å². The number of nitrogens with zero attached hydrogens (tertiary/aromatic N) is 4. The second-order valence-corrected chi connectivity index (χ2v) is 10.6. The molecule has 3 heterocycles. The second-order valence-electron chi connectivity index (χ2n) is 8.81. The number of ether oxygens (including phenoxy) is 1. The van der Waals surface area contributed by atoms with E-state index in [1.807, 2.05) is 6.07 Å². The fraction of sp³-hybridized carbons (Fsp3) is 0.214. The molecule has 0 radical (unpaired) electrons. The zero-order chi connectivity index (χ0) is 23.9. The van der Waals surface area contributed by atoms with Crippen molar-refractivity contribution in [2.45, 2.75) is 31.9 Å². The Kier molecular flexibility index (Phi) is 5.98. The number of halogens is 2. The monoisotopic (exact) mass is 590 g/mol. The van der Waals surface area contributed by atoms with Crippen molar-refractivity contribution < 1.29 is 4.74 Å². The predicted octanol–water partition coefficient (Wildman–Crippen LogP) is 7.56. The summed E-state index contributed by atoms with van der Waals surface area (Å²) >= 11 is 7.18. The zero-order valence-electron chi connectivity index (χ0n) is 19.2. The van der Waals surface area contributed by atoms with E-state index >= 15 is 0 Å². The predicted molar refractivity (Wildman–Crippen MR) is 145 cm³/mol. The highest BCUT2D eigenvalue weighted by Gasteiger charge is 2.43. The first-order chi connectivity index (χ1) is 17.2. The number of unbranched alkanes of at least 4 members (excludes halogenated alkanes) is 1. The Balaban J connectivity index is 1.65. The highest BCUT2D eigenvalue weighted by atomic mass is 79.9. The Hall–Kier alpha value is -2.90. The summed E-state index contributed by atoms with van der Waals surface area (Å²) in [6, 6.07) is 25.1. The number of para-hydroxylation sites is 1. The lowest BCUT2D eigenvalue weighted by Crippen LogP contribution is -2.39. The summed E-state index contributed by atoms with van der Waals surface area (Å²) in [4.78, 5) is 7.09. The molecule has 1 unspecified atom stereocenters. The molecule has 0 saturated heterocycles. The lowest BCUT2D eigenvalue weighted by Gasteiger charge is -2.43. The maximum absolute atomic E-state index is 6.78. The van der Waals surface area contributed by atoms with Gasteiger partial charge in [-0.05, 0) is 53.9 Å². The summed E-state index contributed by atoms with van der Waals surface area (Å²) in [6.45, 7) is 3.08. The Morgan fingerprint density at radius 2 is 1.57 bits per heavy atom. The molecular formula is C28H24Br2N4O. The topological polar surface area (TPSA) is 43.2 Å². The van der Waals surface area contributed by atoms with Crippen LogP contribution in [0.1, 0.15) is 48.6 Å². The van der Waals surface area contributed by atoms with Gasteiger partial charge in [0.2, 0.25) is 5.95 Å². The summed E-state index contributed by atoms with van der Waals surface area (Å²) < 4.78 is 10.9. The molecule has 2 aliphatic rings. The van der Waals surface area contributed by atoms with Gasteiger partial charge in [-0.1, -0.05) is 81.6 Å². The first-order valence-electron chi connectivity index (χ1n) is 11.8. The molecule has 0 fully saturated rings. The summed E-state index contributed by atoms with van der Waals surface area (Å²) in [5.41, 5.74) is 5.72. The second kappa shape index (κ2) is 9.28. The molecule has 2 aliphatic heterocycles. The molecule has 0 bridgehead atoms. The van der Waals surface area contributed by atoms with Gasteiger partial charge in [0.25, 0.3) is 0 Å². The summed E-state index contributed by atoms with van der Waals surface area (Å²) in [5.74, 6) is 1.76. The van der Waals surface area contributed by atoms with E-state index in [1.54, 1.807) is 6.33 Å². The van der Waals surface area contributed by atoms with Gasteiger partial charge < -0.3 is 9.64 Å². The molecule has 0 aliphatic carbocycles. The largest absolute Gasteiger partial charge is 0.480 e. The Morgan fingerprint density at radius 1 is 0.886 bits per heavy atom. The normalized spacial score (nSPS) is 18.5. The van der Waals surface area contributed by atoms with Crippen molar-refractivity contribution in [3.8, 4) is 5.75 Å². The van der Waals surface area contributed by atoms with Crippen molar-refractivity contribution in [1.82, 2.24) is 14.8 Å². The van der Waals surface area contributed by atoms with Gasteiger partial charge in [-0.25, -0.2) is 4.68 Å². The van der Waals surface area contributed by atoms with Crippen LogP contribution in [0.25, 0.3) is 5.70 Å². The molecule has 0 amide bonds. The third-order valence-corrected chi connectivity index (χ3v) is 7.70. The maximum Gasteiger partial charge on any atom is 0.229 e. The Bertz CT molecular complexity index is 1400. The van der Waals surface area contributed by atoms with Crippen LogP contribution in [0.3, 0.4) is 0 Å². The fourth-order valence-electron chi connectivity index (χ4n) is 5.04. The average Bonchev–Trinajstić information content (AvgIpc) is 3.37. The van der Waals surface area contributed by atoms with Gasteiger partial charge in [0.05, 0.1) is 5.70 Å². The van der Waals surface area contributed by atoms with Crippen LogP contribution in [0.15, 0.2) is 93.6 Å². The van der Waals surface area contributed by atoms with Crippen molar-refractivity contribution in [3.63, 3.8) is 0 Å². The quantitative estimate of drug-likeness (QED) is 0.240. The van der Waals surface area contributed by atoms with Crippen LogP contribution in [-0.2, 0) is 0 Å². The molecule has 35 heavy (non-hydrogen) atoms. The molecule has 7 heteroatoms. The minimum Gasteiger partial charge on any atom is -0.480 e. The molecule has 4 aromatic rings. The lowest BCUT2D eigenvalue weighted by atomic mass is 9.84. The Labute approximate surface area is 221 Å². The van der Waals surface area contributed by atoms with Crippen LogP contribution in [0, 0.1) is 0 Å². The van der Waals surface area contributed by atoms with Crippen molar-refractivity contribution in [2.75, 3.05) is 11.4 Å². The SMILES string of the molecule is CCCCN1C2=C(C(c3ccc(Br)cc3)Oc3ccccc32)[C@H](c2ccc(Br)cc2)n2ncnc21. The molecule has 0 N–H and O–H groups in total. The van der Waals surface area contributed by atoms with Crippen molar-refractivity contribution in [3.05, 3.63) is 110 Å². The molecule has 176 valence electrons. The molecule has 0 spiro atoms. The van der Waals surface area contributed by atoms with E-state index in [0.29, 0.717) is 0 Å². The summed E-state index contributed by atoms with van der Waals surface area (Å²) in [5, 5.41) is 4.74. The lowest BCUT2D eigenvalue weighted by molar-refractivity contribution is 0.221. The first kappa shape index (κ1) is 22.6. The number of hydrogen-bond acceptors (Lipinski definition) is 4. The number of fused-ring (bicyclic) bond motifs is 3. The van der Waals surface area contributed by atoms with Crippen LogP contribution in [0.4, 0.5) is 5.95 Å². The number of aromatic nitrogens is 3. The van der Waals surface area contributed by atoms with Crippen molar-refractivity contribution in [1.29, 1.82) is 0 Å².